The highest BCUT2D eigenvalue weighted by molar-refractivity contribution is 7.92. The topological polar surface area (TPSA) is 96.0 Å². The number of nitrogens with zero attached hydrogens (tertiary/aromatic N) is 2. The highest BCUT2D eigenvalue weighted by atomic mass is 35.5. The van der Waals surface area contributed by atoms with Gasteiger partial charge < -0.3 is 15.0 Å². The van der Waals surface area contributed by atoms with Crippen LogP contribution in [-0.2, 0) is 32.6 Å². The molecule has 0 unspecified atom stereocenters. The van der Waals surface area contributed by atoms with E-state index in [4.69, 9.17) is 16.3 Å². The van der Waals surface area contributed by atoms with Crippen molar-refractivity contribution in [2.45, 2.75) is 52.2 Å². The Morgan fingerprint density at radius 2 is 1.66 bits per heavy atom. The Kier molecular flexibility index (Phi) is 11.2. The quantitative estimate of drug-likeness (QED) is 0.299. The van der Waals surface area contributed by atoms with E-state index in [1.165, 1.54) is 4.90 Å². The van der Waals surface area contributed by atoms with Gasteiger partial charge in [-0.3, -0.25) is 13.9 Å². The van der Waals surface area contributed by atoms with Crippen LogP contribution in [0.2, 0.25) is 5.02 Å². The van der Waals surface area contributed by atoms with Crippen LogP contribution in [0.4, 0.5) is 5.69 Å². The number of halogens is 1. The Bertz CT molecular complexity index is 1450. The maximum Gasteiger partial charge on any atom is 0.244 e. The molecule has 0 fully saturated rings. The van der Waals surface area contributed by atoms with Gasteiger partial charge in [0, 0.05) is 24.0 Å². The molecule has 2 amide bonds. The molecule has 3 rings (SSSR count). The second-order valence-corrected chi connectivity index (χ2v) is 12.4. The molecule has 0 aliphatic heterocycles. The second-order valence-electron chi connectivity index (χ2n) is 10.1. The van der Waals surface area contributed by atoms with Crippen molar-refractivity contribution in [1.29, 1.82) is 0 Å². The number of sulfonamides is 1. The van der Waals surface area contributed by atoms with Gasteiger partial charge in [0.2, 0.25) is 21.8 Å². The van der Waals surface area contributed by atoms with Gasteiger partial charge in [0.1, 0.15) is 18.3 Å². The van der Waals surface area contributed by atoms with Gasteiger partial charge in [-0.05, 0) is 61.2 Å². The predicted molar refractivity (Wildman–Crippen MR) is 164 cm³/mol. The Hall–Kier alpha value is -3.56. The first kappa shape index (κ1) is 32.0. The molecular weight excluding hydrogens is 562 g/mol. The van der Waals surface area contributed by atoms with Gasteiger partial charge in [0.05, 0.1) is 19.1 Å². The van der Waals surface area contributed by atoms with E-state index in [9.17, 15) is 18.0 Å². The number of methoxy groups -OCH3 is 1. The van der Waals surface area contributed by atoms with Crippen LogP contribution in [0.25, 0.3) is 0 Å². The molecule has 0 saturated carbocycles. The van der Waals surface area contributed by atoms with Gasteiger partial charge in [0.15, 0.2) is 0 Å². The Balaban J connectivity index is 2.10. The van der Waals surface area contributed by atoms with Crippen LogP contribution in [-0.4, -0.2) is 57.1 Å². The van der Waals surface area contributed by atoms with Crippen LogP contribution in [0.1, 0.15) is 37.0 Å². The molecular formula is C31H38ClN3O5S. The van der Waals surface area contributed by atoms with E-state index < -0.39 is 28.5 Å². The predicted octanol–water partition coefficient (Wildman–Crippen LogP) is 4.98. The van der Waals surface area contributed by atoms with Crippen molar-refractivity contribution in [3.8, 4) is 5.75 Å². The lowest BCUT2D eigenvalue weighted by atomic mass is 10.0. The highest BCUT2D eigenvalue weighted by Gasteiger charge is 2.34. The first-order valence-corrected chi connectivity index (χ1v) is 15.7. The molecule has 0 spiro atoms. The zero-order valence-electron chi connectivity index (χ0n) is 24.1. The summed E-state index contributed by atoms with van der Waals surface area (Å²) in [5.41, 5.74) is 2.43. The Labute approximate surface area is 248 Å². The number of rotatable bonds is 13. The molecule has 41 heavy (non-hydrogen) atoms. The van der Waals surface area contributed by atoms with Gasteiger partial charge in [-0.25, -0.2) is 8.42 Å². The summed E-state index contributed by atoms with van der Waals surface area (Å²) < 4.78 is 32.4. The van der Waals surface area contributed by atoms with Crippen molar-refractivity contribution in [2.75, 3.05) is 24.2 Å². The summed E-state index contributed by atoms with van der Waals surface area (Å²) in [7, 11) is -2.34. The van der Waals surface area contributed by atoms with Crippen molar-refractivity contribution < 1.29 is 22.7 Å². The molecule has 0 aromatic heterocycles. The van der Waals surface area contributed by atoms with E-state index >= 15 is 0 Å². The first-order chi connectivity index (χ1) is 19.4. The molecule has 1 N–H and O–H groups in total. The van der Waals surface area contributed by atoms with Gasteiger partial charge in [-0.2, -0.15) is 0 Å². The summed E-state index contributed by atoms with van der Waals surface area (Å²) in [6, 6.07) is 20.5. The number of nitrogens with one attached hydrogen (secondary N) is 1. The van der Waals surface area contributed by atoms with E-state index in [2.05, 4.69) is 5.32 Å². The largest absolute Gasteiger partial charge is 0.497 e. The lowest BCUT2D eigenvalue weighted by Crippen LogP contribution is -2.54. The number of carbonyl (C=O) groups is 2. The molecule has 0 saturated heterocycles. The first-order valence-electron chi connectivity index (χ1n) is 13.4. The van der Waals surface area contributed by atoms with Crippen LogP contribution >= 0.6 is 11.6 Å². The fraction of sp³-hybridized carbons (Fsp3) is 0.355. The van der Waals surface area contributed by atoms with E-state index in [0.717, 1.165) is 21.7 Å². The van der Waals surface area contributed by atoms with Crippen LogP contribution in [0, 0.1) is 6.92 Å². The monoisotopic (exact) mass is 599 g/mol. The van der Waals surface area contributed by atoms with E-state index in [1.807, 2.05) is 50.2 Å². The molecule has 0 bridgehead atoms. The fourth-order valence-electron chi connectivity index (χ4n) is 4.42. The standard InChI is InChI=1S/C31H38ClN3O5S/c1-6-22(2)33-31(37)29(19-24-12-8-7-9-13-24)34(20-25-14-10-15-26(18-25)40-4)30(36)21-35(41(5,38)39)28-17-11-16-27(32)23(28)3/h7-18,22,29H,6,19-21H2,1-5H3,(H,33,37)/t22-,29+/m1/s1. The fourth-order valence-corrected chi connectivity index (χ4v) is 5.49. The van der Waals surface area contributed by atoms with E-state index in [0.29, 0.717) is 28.4 Å². The molecule has 0 aliphatic rings. The summed E-state index contributed by atoms with van der Waals surface area (Å²) >= 11 is 6.31. The van der Waals surface area contributed by atoms with Crippen LogP contribution in [0.5, 0.6) is 5.75 Å². The maximum absolute atomic E-state index is 14.2. The number of ether oxygens (including phenoxy) is 1. The molecule has 10 heteroatoms. The molecule has 220 valence electrons. The van der Waals surface area contributed by atoms with Crippen LogP contribution in [0.3, 0.4) is 0 Å². The average Bonchev–Trinajstić information content (AvgIpc) is 2.95. The number of hydrogen-bond donors (Lipinski definition) is 1. The summed E-state index contributed by atoms with van der Waals surface area (Å²) in [5.74, 6) is -0.243. The summed E-state index contributed by atoms with van der Waals surface area (Å²) in [6.07, 6.45) is 2.00. The molecule has 8 nitrogen and oxygen atoms in total. The van der Waals surface area contributed by atoms with Gasteiger partial charge in [-0.1, -0.05) is 67.1 Å². The van der Waals surface area contributed by atoms with Gasteiger partial charge in [0.25, 0.3) is 0 Å². The Morgan fingerprint density at radius 3 is 2.29 bits per heavy atom. The van der Waals surface area contributed by atoms with Crippen LogP contribution < -0.4 is 14.4 Å². The maximum atomic E-state index is 14.2. The van der Waals surface area contributed by atoms with Crippen molar-refractivity contribution in [3.05, 3.63) is 94.5 Å². The Morgan fingerprint density at radius 1 is 1.00 bits per heavy atom. The molecule has 2 atom stereocenters. The number of benzene rings is 3. The third kappa shape index (κ3) is 8.71. The second kappa shape index (κ2) is 14.4. The molecule has 0 heterocycles. The minimum atomic E-state index is -3.89. The summed E-state index contributed by atoms with van der Waals surface area (Å²) in [6.45, 7) is 5.12. The highest BCUT2D eigenvalue weighted by Crippen LogP contribution is 2.29. The number of carbonyl (C=O) groups excluding carboxylic acids is 2. The third-order valence-corrected chi connectivity index (χ3v) is 8.48. The molecule has 3 aromatic carbocycles. The number of anilines is 1. The third-order valence-electron chi connectivity index (χ3n) is 6.95. The van der Waals surface area contributed by atoms with Crippen molar-refractivity contribution >= 4 is 39.1 Å². The molecule has 0 radical (unpaired) electrons. The molecule has 3 aromatic rings. The molecule has 0 aliphatic carbocycles. The van der Waals surface area contributed by atoms with Crippen LogP contribution in [0.15, 0.2) is 72.8 Å². The lowest BCUT2D eigenvalue weighted by molar-refractivity contribution is -0.140. The van der Waals surface area contributed by atoms with Crippen molar-refractivity contribution in [1.82, 2.24) is 10.2 Å². The normalized spacial score (nSPS) is 12.7. The van der Waals surface area contributed by atoms with Crippen molar-refractivity contribution in [3.63, 3.8) is 0 Å². The van der Waals surface area contributed by atoms with E-state index in [-0.39, 0.29) is 24.9 Å². The minimum Gasteiger partial charge on any atom is -0.497 e. The SMILES string of the molecule is CC[C@@H](C)NC(=O)[C@H](Cc1ccccc1)N(Cc1cccc(OC)c1)C(=O)CN(c1cccc(Cl)c1C)S(C)(=O)=O. The minimum absolute atomic E-state index is 0.0631. The zero-order chi connectivity index (χ0) is 30.2. The summed E-state index contributed by atoms with van der Waals surface area (Å²) in [5, 5.41) is 3.40. The van der Waals surface area contributed by atoms with E-state index in [1.54, 1.807) is 50.4 Å². The summed E-state index contributed by atoms with van der Waals surface area (Å²) in [4.78, 5) is 29.4. The lowest BCUT2D eigenvalue weighted by Gasteiger charge is -2.34. The number of hydrogen-bond acceptors (Lipinski definition) is 5. The van der Waals surface area contributed by atoms with Gasteiger partial charge in [-0.15, -0.1) is 0 Å². The zero-order valence-corrected chi connectivity index (χ0v) is 25.7. The number of amides is 2. The smallest absolute Gasteiger partial charge is 0.244 e. The average molecular weight is 600 g/mol. The van der Waals surface area contributed by atoms with Gasteiger partial charge >= 0.3 is 0 Å². The van der Waals surface area contributed by atoms with Crippen molar-refractivity contribution in [2.24, 2.45) is 0 Å².